The molecule has 0 radical (unpaired) electrons. The molecule has 0 aliphatic heterocycles. The first-order valence-corrected chi connectivity index (χ1v) is 6.67. The molecule has 1 aliphatic rings. The Balaban J connectivity index is 2.18. The van der Waals surface area contributed by atoms with Crippen molar-refractivity contribution in [2.75, 3.05) is 6.54 Å². The average molecular weight is 288 g/mol. The average Bonchev–Trinajstić information content (AvgIpc) is 3.12. The SMILES string of the molecule is CC(c1ccc(Cl)c(Cl)c1)N(CC(=O)O)C1CC1. The lowest BCUT2D eigenvalue weighted by Gasteiger charge is -2.28. The summed E-state index contributed by atoms with van der Waals surface area (Å²) in [6.45, 7) is 2.06. The number of hydrogen-bond acceptors (Lipinski definition) is 2. The highest BCUT2D eigenvalue weighted by molar-refractivity contribution is 6.42. The number of hydrogen-bond donors (Lipinski definition) is 1. The second-order valence-electron chi connectivity index (χ2n) is 4.65. The van der Waals surface area contributed by atoms with Crippen LogP contribution in [0.2, 0.25) is 10.0 Å². The minimum absolute atomic E-state index is 0.0309. The van der Waals surface area contributed by atoms with E-state index < -0.39 is 5.97 Å². The van der Waals surface area contributed by atoms with E-state index in [1.165, 1.54) is 0 Å². The molecule has 0 saturated heterocycles. The van der Waals surface area contributed by atoms with Gasteiger partial charge < -0.3 is 5.11 Å². The van der Waals surface area contributed by atoms with Crippen molar-refractivity contribution >= 4 is 29.2 Å². The zero-order valence-corrected chi connectivity index (χ0v) is 11.6. The van der Waals surface area contributed by atoms with Crippen molar-refractivity contribution in [2.24, 2.45) is 0 Å². The molecule has 3 nitrogen and oxygen atoms in total. The number of rotatable bonds is 5. The Morgan fingerprint density at radius 1 is 1.44 bits per heavy atom. The molecule has 1 aromatic carbocycles. The van der Waals surface area contributed by atoms with Crippen molar-refractivity contribution < 1.29 is 9.90 Å². The Kier molecular flexibility index (Phi) is 4.15. The standard InChI is InChI=1S/C13H15Cl2NO2/c1-8(9-2-5-11(14)12(15)6-9)16(7-13(17)18)10-3-4-10/h2,5-6,8,10H,3-4,7H2,1H3,(H,17,18). The topological polar surface area (TPSA) is 40.5 Å². The molecule has 0 aromatic heterocycles. The minimum Gasteiger partial charge on any atom is -0.480 e. The van der Waals surface area contributed by atoms with E-state index in [2.05, 4.69) is 0 Å². The summed E-state index contributed by atoms with van der Waals surface area (Å²) in [5.41, 5.74) is 0.998. The lowest BCUT2D eigenvalue weighted by Crippen LogP contribution is -2.34. The van der Waals surface area contributed by atoms with Gasteiger partial charge >= 0.3 is 5.97 Å². The van der Waals surface area contributed by atoms with E-state index in [-0.39, 0.29) is 12.6 Å². The molecule has 1 saturated carbocycles. The Labute approximate surface area is 116 Å². The number of benzene rings is 1. The summed E-state index contributed by atoms with van der Waals surface area (Å²) in [7, 11) is 0. The fraction of sp³-hybridized carbons (Fsp3) is 0.462. The zero-order valence-electron chi connectivity index (χ0n) is 10.1. The molecular formula is C13H15Cl2NO2. The van der Waals surface area contributed by atoms with E-state index in [0.29, 0.717) is 16.1 Å². The minimum atomic E-state index is -0.797. The van der Waals surface area contributed by atoms with E-state index in [9.17, 15) is 4.79 Å². The largest absolute Gasteiger partial charge is 0.480 e. The van der Waals surface area contributed by atoms with Crippen LogP contribution in [0.5, 0.6) is 0 Å². The van der Waals surface area contributed by atoms with Crippen LogP contribution in [-0.4, -0.2) is 28.6 Å². The summed E-state index contributed by atoms with van der Waals surface area (Å²) < 4.78 is 0. The first-order valence-electron chi connectivity index (χ1n) is 5.91. The molecule has 5 heteroatoms. The highest BCUT2D eigenvalue weighted by atomic mass is 35.5. The van der Waals surface area contributed by atoms with Gasteiger partial charge in [0.05, 0.1) is 16.6 Å². The number of carbonyl (C=O) groups is 1. The molecule has 1 unspecified atom stereocenters. The maximum atomic E-state index is 10.9. The first kappa shape index (κ1) is 13.7. The van der Waals surface area contributed by atoms with Gasteiger partial charge in [0.25, 0.3) is 0 Å². The number of carboxylic acid groups (broad SMARTS) is 1. The van der Waals surface area contributed by atoms with Crippen LogP contribution in [0.1, 0.15) is 31.4 Å². The first-order chi connectivity index (χ1) is 8.49. The molecule has 0 bridgehead atoms. The van der Waals surface area contributed by atoms with Crippen molar-refractivity contribution in [1.82, 2.24) is 4.90 Å². The van der Waals surface area contributed by atoms with Gasteiger partial charge in [-0.15, -0.1) is 0 Å². The van der Waals surface area contributed by atoms with Crippen molar-refractivity contribution in [3.05, 3.63) is 33.8 Å². The highest BCUT2D eigenvalue weighted by Gasteiger charge is 2.34. The molecule has 98 valence electrons. The summed E-state index contributed by atoms with van der Waals surface area (Å²) in [6.07, 6.45) is 2.14. The molecule has 0 spiro atoms. The van der Waals surface area contributed by atoms with Crippen LogP contribution in [0, 0.1) is 0 Å². The van der Waals surface area contributed by atoms with Crippen LogP contribution in [0.4, 0.5) is 0 Å². The van der Waals surface area contributed by atoms with Crippen LogP contribution >= 0.6 is 23.2 Å². The van der Waals surface area contributed by atoms with Crippen LogP contribution in [0.3, 0.4) is 0 Å². The second kappa shape index (κ2) is 5.47. The molecule has 1 aromatic rings. The van der Waals surface area contributed by atoms with E-state index >= 15 is 0 Å². The fourth-order valence-electron chi connectivity index (χ4n) is 2.11. The van der Waals surface area contributed by atoms with Gasteiger partial charge in [-0.05, 0) is 37.5 Å². The summed E-state index contributed by atoms with van der Waals surface area (Å²) >= 11 is 11.9. The van der Waals surface area contributed by atoms with Crippen molar-refractivity contribution in [1.29, 1.82) is 0 Å². The van der Waals surface area contributed by atoms with Crippen LogP contribution in [0.15, 0.2) is 18.2 Å². The molecule has 1 atom stereocenters. The Morgan fingerprint density at radius 2 is 2.11 bits per heavy atom. The smallest absolute Gasteiger partial charge is 0.317 e. The number of carboxylic acids is 1. The predicted octanol–water partition coefficient (Wildman–Crippen LogP) is 3.60. The van der Waals surface area contributed by atoms with Gasteiger partial charge in [0.2, 0.25) is 0 Å². The summed E-state index contributed by atoms with van der Waals surface area (Å²) in [5.74, 6) is -0.797. The van der Waals surface area contributed by atoms with Gasteiger partial charge in [-0.25, -0.2) is 0 Å². The van der Waals surface area contributed by atoms with E-state index in [1.807, 2.05) is 24.0 Å². The van der Waals surface area contributed by atoms with Gasteiger partial charge in [-0.2, -0.15) is 0 Å². The third-order valence-corrected chi connectivity index (χ3v) is 4.00. The van der Waals surface area contributed by atoms with Crippen molar-refractivity contribution in [2.45, 2.75) is 31.8 Å². The number of nitrogens with zero attached hydrogens (tertiary/aromatic N) is 1. The van der Waals surface area contributed by atoms with E-state index in [4.69, 9.17) is 28.3 Å². The molecule has 1 N–H and O–H groups in total. The summed E-state index contributed by atoms with van der Waals surface area (Å²) in [4.78, 5) is 12.9. The van der Waals surface area contributed by atoms with Crippen LogP contribution < -0.4 is 0 Å². The predicted molar refractivity (Wildman–Crippen MR) is 72.2 cm³/mol. The molecule has 1 aliphatic carbocycles. The van der Waals surface area contributed by atoms with Crippen LogP contribution in [-0.2, 0) is 4.79 Å². The Morgan fingerprint density at radius 3 is 2.61 bits per heavy atom. The lowest BCUT2D eigenvalue weighted by atomic mass is 10.1. The number of aliphatic carboxylic acids is 1. The third-order valence-electron chi connectivity index (χ3n) is 3.26. The lowest BCUT2D eigenvalue weighted by molar-refractivity contribution is -0.139. The van der Waals surface area contributed by atoms with Crippen molar-refractivity contribution in [3.63, 3.8) is 0 Å². The molecular weight excluding hydrogens is 273 g/mol. The van der Waals surface area contributed by atoms with Gasteiger partial charge in [-0.1, -0.05) is 29.3 Å². The van der Waals surface area contributed by atoms with Gasteiger partial charge in [0.15, 0.2) is 0 Å². The van der Waals surface area contributed by atoms with Gasteiger partial charge in [0, 0.05) is 12.1 Å². The van der Waals surface area contributed by atoms with E-state index in [1.54, 1.807) is 6.07 Å². The highest BCUT2D eigenvalue weighted by Crippen LogP contribution is 2.35. The Hall–Kier alpha value is -0.770. The molecule has 0 amide bonds. The third kappa shape index (κ3) is 3.16. The zero-order chi connectivity index (χ0) is 13.3. The second-order valence-corrected chi connectivity index (χ2v) is 5.46. The summed E-state index contributed by atoms with van der Waals surface area (Å²) in [5, 5.41) is 9.99. The molecule has 18 heavy (non-hydrogen) atoms. The van der Waals surface area contributed by atoms with Crippen molar-refractivity contribution in [3.8, 4) is 0 Å². The fourth-order valence-corrected chi connectivity index (χ4v) is 2.41. The quantitative estimate of drug-likeness (QED) is 0.900. The van der Waals surface area contributed by atoms with Gasteiger partial charge in [0.1, 0.15) is 0 Å². The molecule has 1 fully saturated rings. The normalized spacial score (nSPS) is 16.9. The number of halogens is 2. The summed E-state index contributed by atoms with van der Waals surface area (Å²) in [6, 6.07) is 5.87. The van der Waals surface area contributed by atoms with E-state index in [0.717, 1.165) is 18.4 Å². The maximum Gasteiger partial charge on any atom is 0.317 e. The Bertz CT molecular complexity index is 460. The molecule has 2 rings (SSSR count). The van der Waals surface area contributed by atoms with Gasteiger partial charge in [-0.3, -0.25) is 9.69 Å². The molecule has 0 heterocycles. The maximum absolute atomic E-state index is 10.9. The monoisotopic (exact) mass is 287 g/mol. The van der Waals surface area contributed by atoms with Crippen LogP contribution in [0.25, 0.3) is 0 Å².